The van der Waals surface area contributed by atoms with Crippen molar-refractivity contribution < 1.29 is 0 Å². The molecular weight excluding hydrogens is 258 g/mol. The number of nitrogens with zero attached hydrogens (tertiary/aromatic N) is 2. The van der Waals surface area contributed by atoms with Crippen LogP contribution in [0.3, 0.4) is 0 Å². The van der Waals surface area contributed by atoms with E-state index in [1.165, 1.54) is 77.3 Å². The van der Waals surface area contributed by atoms with Crippen molar-refractivity contribution in [1.29, 1.82) is 0 Å². The minimum absolute atomic E-state index is 0.581. The molecule has 0 aromatic rings. The zero-order chi connectivity index (χ0) is 15.5. The maximum atomic E-state index is 6.04. The molecular formula is C18H39N3. The smallest absolute Gasteiger partial charge is 0.0223 e. The summed E-state index contributed by atoms with van der Waals surface area (Å²) in [5.41, 5.74) is 6.04. The summed E-state index contributed by atoms with van der Waals surface area (Å²) in [6.07, 6.45) is 13.7. The molecule has 126 valence electrons. The van der Waals surface area contributed by atoms with Gasteiger partial charge >= 0.3 is 0 Å². The molecule has 0 aromatic carbocycles. The van der Waals surface area contributed by atoms with E-state index in [9.17, 15) is 0 Å². The van der Waals surface area contributed by atoms with Crippen LogP contribution in [-0.2, 0) is 0 Å². The number of rotatable bonds is 11. The molecule has 3 heteroatoms. The van der Waals surface area contributed by atoms with Crippen molar-refractivity contribution >= 4 is 0 Å². The first-order chi connectivity index (χ1) is 10.2. The molecule has 1 saturated heterocycles. The molecule has 1 rings (SSSR count). The van der Waals surface area contributed by atoms with Gasteiger partial charge in [0.2, 0.25) is 0 Å². The van der Waals surface area contributed by atoms with Crippen LogP contribution in [0.1, 0.15) is 71.1 Å². The van der Waals surface area contributed by atoms with E-state index in [1.807, 2.05) is 0 Å². The Kier molecular flexibility index (Phi) is 10.3. The van der Waals surface area contributed by atoms with Gasteiger partial charge in [0, 0.05) is 25.2 Å². The average molecular weight is 298 g/mol. The van der Waals surface area contributed by atoms with Gasteiger partial charge in [-0.3, -0.25) is 4.90 Å². The summed E-state index contributed by atoms with van der Waals surface area (Å²) >= 11 is 0. The van der Waals surface area contributed by atoms with Gasteiger partial charge in [-0.05, 0) is 39.9 Å². The molecule has 1 fully saturated rings. The minimum Gasteiger partial charge on any atom is -0.329 e. The fourth-order valence-corrected chi connectivity index (χ4v) is 3.59. The number of likely N-dealkylation sites (tertiary alicyclic amines) is 1. The zero-order valence-electron chi connectivity index (χ0n) is 14.8. The van der Waals surface area contributed by atoms with Crippen molar-refractivity contribution in [3.8, 4) is 0 Å². The molecule has 0 bridgehead atoms. The molecule has 0 spiro atoms. The van der Waals surface area contributed by atoms with Crippen LogP contribution in [0.4, 0.5) is 0 Å². The number of nitrogens with two attached hydrogens (primary N) is 1. The van der Waals surface area contributed by atoms with Crippen LogP contribution >= 0.6 is 0 Å². The third kappa shape index (κ3) is 7.62. The van der Waals surface area contributed by atoms with Crippen LogP contribution in [0, 0.1) is 0 Å². The number of unbranched alkanes of at least 4 members (excludes halogenated alkanes) is 6. The molecule has 0 radical (unpaired) electrons. The topological polar surface area (TPSA) is 32.5 Å². The number of likely N-dealkylation sites (N-methyl/N-ethyl adjacent to an activating group) is 2. The minimum atomic E-state index is 0.581. The van der Waals surface area contributed by atoms with E-state index in [4.69, 9.17) is 5.73 Å². The van der Waals surface area contributed by atoms with Gasteiger partial charge in [-0.15, -0.1) is 0 Å². The molecule has 2 atom stereocenters. The van der Waals surface area contributed by atoms with Gasteiger partial charge in [-0.1, -0.05) is 51.9 Å². The van der Waals surface area contributed by atoms with E-state index in [0.29, 0.717) is 12.1 Å². The van der Waals surface area contributed by atoms with Crippen molar-refractivity contribution in [2.45, 2.75) is 83.2 Å². The number of hydrogen-bond acceptors (Lipinski definition) is 3. The molecule has 1 heterocycles. The quantitative estimate of drug-likeness (QED) is 0.593. The predicted molar refractivity (Wildman–Crippen MR) is 93.7 cm³/mol. The third-order valence-corrected chi connectivity index (χ3v) is 5.16. The van der Waals surface area contributed by atoms with Crippen LogP contribution in [0.2, 0.25) is 0 Å². The van der Waals surface area contributed by atoms with Crippen molar-refractivity contribution in [1.82, 2.24) is 9.80 Å². The Morgan fingerprint density at radius 3 is 2.43 bits per heavy atom. The van der Waals surface area contributed by atoms with E-state index < -0.39 is 0 Å². The maximum Gasteiger partial charge on any atom is 0.0223 e. The fraction of sp³-hybridized carbons (Fsp3) is 1.00. The van der Waals surface area contributed by atoms with Crippen LogP contribution in [0.15, 0.2) is 0 Å². The van der Waals surface area contributed by atoms with E-state index in [-0.39, 0.29) is 0 Å². The Hall–Kier alpha value is -0.120. The predicted octanol–water partition coefficient (Wildman–Crippen LogP) is 3.48. The number of hydrogen-bond donors (Lipinski definition) is 1. The van der Waals surface area contributed by atoms with Crippen LogP contribution in [0.25, 0.3) is 0 Å². The van der Waals surface area contributed by atoms with Gasteiger partial charge in [0.05, 0.1) is 0 Å². The SMILES string of the molecule is CCCCCCCCCC(CN)N(C)C1CCCN(C)C1. The van der Waals surface area contributed by atoms with Gasteiger partial charge in [0.25, 0.3) is 0 Å². The Labute approximate surface area is 133 Å². The molecule has 1 aliphatic rings. The summed E-state index contributed by atoms with van der Waals surface area (Å²) in [5.74, 6) is 0. The van der Waals surface area contributed by atoms with E-state index in [1.54, 1.807) is 0 Å². The summed E-state index contributed by atoms with van der Waals surface area (Å²) in [6.45, 7) is 5.57. The summed E-state index contributed by atoms with van der Waals surface area (Å²) < 4.78 is 0. The normalized spacial score (nSPS) is 21.9. The molecule has 0 aromatic heterocycles. The Morgan fingerprint density at radius 1 is 1.14 bits per heavy atom. The molecule has 21 heavy (non-hydrogen) atoms. The second-order valence-electron chi connectivity index (χ2n) is 7.02. The molecule has 0 amide bonds. The molecule has 2 unspecified atom stereocenters. The monoisotopic (exact) mass is 297 g/mol. The van der Waals surface area contributed by atoms with Gasteiger partial charge in [-0.2, -0.15) is 0 Å². The molecule has 0 aliphatic carbocycles. The van der Waals surface area contributed by atoms with Crippen molar-refractivity contribution in [3.63, 3.8) is 0 Å². The van der Waals surface area contributed by atoms with E-state index in [0.717, 1.165) is 6.54 Å². The highest BCUT2D eigenvalue weighted by molar-refractivity contribution is 4.82. The Balaban J connectivity index is 2.17. The second kappa shape index (κ2) is 11.4. The lowest BCUT2D eigenvalue weighted by Gasteiger charge is -2.39. The van der Waals surface area contributed by atoms with Crippen LogP contribution in [-0.4, -0.2) is 55.6 Å². The Morgan fingerprint density at radius 2 is 1.81 bits per heavy atom. The lowest BCUT2D eigenvalue weighted by Crippen LogP contribution is -2.50. The van der Waals surface area contributed by atoms with Crippen LogP contribution < -0.4 is 5.73 Å². The first-order valence-corrected chi connectivity index (χ1v) is 9.29. The fourth-order valence-electron chi connectivity index (χ4n) is 3.59. The summed E-state index contributed by atoms with van der Waals surface area (Å²) in [5, 5.41) is 0. The summed E-state index contributed by atoms with van der Waals surface area (Å²) in [4.78, 5) is 5.04. The van der Waals surface area contributed by atoms with Gasteiger partial charge in [0.15, 0.2) is 0 Å². The van der Waals surface area contributed by atoms with Gasteiger partial charge < -0.3 is 10.6 Å². The lowest BCUT2D eigenvalue weighted by molar-refractivity contribution is 0.0962. The molecule has 1 aliphatic heterocycles. The van der Waals surface area contributed by atoms with Crippen molar-refractivity contribution in [3.05, 3.63) is 0 Å². The average Bonchev–Trinajstić information content (AvgIpc) is 2.49. The maximum absolute atomic E-state index is 6.04. The van der Waals surface area contributed by atoms with Gasteiger partial charge in [-0.25, -0.2) is 0 Å². The Bertz CT molecular complexity index is 245. The van der Waals surface area contributed by atoms with Crippen molar-refractivity contribution in [2.75, 3.05) is 33.7 Å². The van der Waals surface area contributed by atoms with E-state index in [2.05, 4.69) is 30.8 Å². The zero-order valence-corrected chi connectivity index (χ0v) is 14.8. The lowest BCUT2D eigenvalue weighted by atomic mass is 10.00. The third-order valence-electron chi connectivity index (χ3n) is 5.16. The highest BCUT2D eigenvalue weighted by atomic mass is 15.2. The van der Waals surface area contributed by atoms with Crippen molar-refractivity contribution in [2.24, 2.45) is 5.73 Å². The highest BCUT2D eigenvalue weighted by Gasteiger charge is 2.25. The largest absolute Gasteiger partial charge is 0.329 e. The first-order valence-electron chi connectivity index (χ1n) is 9.29. The molecule has 3 nitrogen and oxygen atoms in total. The molecule has 0 saturated carbocycles. The van der Waals surface area contributed by atoms with Gasteiger partial charge in [0.1, 0.15) is 0 Å². The molecule has 2 N–H and O–H groups in total. The van der Waals surface area contributed by atoms with E-state index >= 15 is 0 Å². The summed E-state index contributed by atoms with van der Waals surface area (Å²) in [6, 6.07) is 1.29. The first kappa shape index (κ1) is 18.9. The standard InChI is InChI=1S/C18H39N3/c1-4-5-6-7-8-9-10-12-17(15-19)21(3)18-13-11-14-20(2)16-18/h17-18H,4-16,19H2,1-3H3. The van der Waals surface area contributed by atoms with Crippen LogP contribution in [0.5, 0.6) is 0 Å². The number of piperidine rings is 1. The highest BCUT2D eigenvalue weighted by Crippen LogP contribution is 2.18. The second-order valence-corrected chi connectivity index (χ2v) is 7.02. The summed E-state index contributed by atoms with van der Waals surface area (Å²) in [7, 11) is 4.54.